The summed E-state index contributed by atoms with van der Waals surface area (Å²) >= 11 is 0. The molecule has 6 nitrogen and oxygen atoms in total. The number of sulfone groups is 1. The molecule has 0 saturated heterocycles. The Kier molecular flexibility index (Phi) is 9.10. The quantitative estimate of drug-likeness (QED) is 0.534. The molecule has 4 N–H and O–H groups in total. The van der Waals surface area contributed by atoms with E-state index in [-0.39, 0.29) is 24.1 Å². The van der Waals surface area contributed by atoms with E-state index in [4.69, 9.17) is 5.73 Å². The van der Waals surface area contributed by atoms with Gasteiger partial charge in [0.15, 0.2) is 0 Å². The number of amides is 1. The van der Waals surface area contributed by atoms with Crippen LogP contribution >= 0.6 is 0 Å². The number of hydrogen-bond donors (Lipinski definition) is 3. The van der Waals surface area contributed by atoms with Crippen molar-refractivity contribution in [3.63, 3.8) is 0 Å². The topological polar surface area (TPSA) is 101 Å². The number of hydrogen-bond acceptors (Lipinski definition) is 5. The number of rotatable bonds is 11. The molecule has 0 bridgehead atoms. The van der Waals surface area contributed by atoms with Crippen molar-refractivity contribution in [3.05, 3.63) is 35.9 Å². The van der Waals surface area contributed by atoms with Crippen LogP contribution in [0.1, 0.15) is 25.8 Å². The molecular weight excluding hydrogens is 338 g/mol. The lowest BCUT2D eigenvalue weighted by molar-refractivity contribution is -0.123. The second-order valence-corrected chi connectivity index (χ2v) is 9.23. The Balaban J connectivity index is 2.57. The molecule has 0 spiro atoms. The van der Waals surface area contributed by atoms with Crippen molar-refractivity contribution in [3.8, 4) is 0 Å². The third-order valence-electron chi connectivity index (χ3n) is 3.75. The molecule has 1 aromatic rings. The zero-order valence-corrected chi connectivity index (χ0v) is 16.2. The fourth-order valence-electron chi connectivity index (χ4n) is 2.37. The number of carbonyl (C=O) groups excluding carboxylic acids is 1. The molecule has 0 fully saturated rings. The molecular formula is C18H31N3O3S. The molecule has 0 aliphatic carbocycles. The monoisotopic (exact) mass is 369 g/mol. The van der Waals surface area contributed by atoms with Crippen molar-refractivity contribution in [2.45, 2.75) is 38.8 Å². The minimum Gasteiger partial charge on any atom is -0.354 e. The first-order chi connectivity index (χ1) is 11.7. The fourth-order valence-corrected chi connectivity index (χ4v) is 3.03. The molecule has 1 unspecified atom stereocenters. The number of nitrogens with one attached hydrogen (secondary N) is 2. The molecule has 0 aliphatic heterocycles. The van der Waals surface area contributed by atoms with Crippen LogP contribution in [0.2, 0.25) is 0 Å². The van der Waals surface area contributed by atoms with Gasteiger partial charge < -0.3 is 16.4 Å². The van der Waals surface area contributed by atoms with E-state index in [0.717, 1.165) is 5.56 Å². The van der Waals surface area contributed by atoms with Gasteiger partial charge in [0.25, 0.3) is 0 Å². The van der Waals surface area contributed by atoms with Crippen molar-refractivity contribution >= 4 is 15.7 Å². The summed E-state index contributed by atoms with van der Waals surface area (Å²) in [7, 11) is -3.12. The van der Waals surface area contributed by atoms with Crippen molar-refractivity contribution in [2.75, 3.05) is 25.1 Å². The number of nitrogens with two attached hydrogens (primary N) is 1. The first kappa shape index (κ1) is 21.6. The van der Waals surface area contributed by atoms with E-state index < -0.39 is 15.9 Å². The summed E-state index contributed by atoms with van der Waals surface area (Å²) in [6.45, 7) is 5.02. The van der Waals surface area contributed by atoms with Crippen molar-refractivity contribution < 1.29 is 13.2 Å². The van der Waals surface area contributed by atoms with Gasteiger partial charge in [-0.05, 0) is 24.3 Å². The smallest absolute Gasteiger partial charge is 0.237 e. The van der Waals surface area contributed by atoms with E-state index in [2.05, 4.69) is 10.6 Å². The Bertz CT molecular complexity index is 618. The highest BCUT2D eigenvalue weighted by Crippen LogP contribution is 2.03. The Labute approximate surface area is 151 Å². The van der Waals surface area contributed by atoms with Crippen molar-refractivity contribution in [1.82, 2.24) is 10.6 Å². The van der Waals surface area contributed by atoms with Gasteiger partial charge in [-0.2, -0.15) is 0 Å². The van der Waals surface area contributed by atoms with E-state index in [0.29, 0.717) is 25.4 Å². The van der Waals surface area contributed by atoms with Crippen LogP contribution in [0, 0.1) is 5.92 Å². The molecule has 0 heterocycles. The summed E-state index contributed by atoms with van der Waals surface area (Å²) in [5.74, 6) is 0.123. The summed E-state index contributed by atoms with van der Waals surface area (Å²) < 4.78 is 22.8. The van der Waals surface area contributed by atoms with Gasteiger partial charge in [-0.3, -0.25) is 4.79 Å². The van der Waals surface area contributed by atoms with Crippen LogP contribution in [0.5, 0.6) is 0 Å². The molecule has 2 atom stereocenters. The van der Waals surface area contributed by atoms with Gasteiger partial charge in [0.05, 0.1) is 11.8 Å². The van der Waals surface area contributed by atoms with Crippen LogP contribution in [0.15, 0.2) is 30.3 Å². The summed E-state index contributed by atoms with van der Waals surface area (Å²) in [6, 6.07) is 9.18. The molecule has 7 heteroatoms. The van der Waals surface area contributed by atoms with E-state index in [1.165, 1.54) is 6.26 Å². The van der Waals surface area contributed by atoms with Crippen molar-refractivity contribution in [2.24, 2.45) is 11.7 Å². The predicted molar refractivity (Wildman–Crippen MR) is 102 cm³/mol. The lowest BCUT2D eigenvalue weighted by Crippen LogP contribution is -2.49. The van der Waals surface area contributed by atoms with Crippen molar-refractivity contribution in [1.29, 1.82) is 0 Å². The van der Waals surface area contributed by atoms with Gasteiger partial charge in [0.1, 0.15) is 9.84 Å². The number of benzene rings is 1. The van der Waals surface area contributed by atoms with Crippen LogP contribution in [0.4, 0.5) is 0 Å². The second-order valence-electron chi connectivity index (χ2n) is 6.97. The Morgan fingerprint density at radius 2 is 1.80 bits per heavy atom. The van der Waals surface area contributed by atoms with Gasteiger partial charge >= 0.3 is 0 Å². The summed E-state index contributed by atoms with van der Waals surface area (Å²) in [5, 5.41) is 5.99. The van der Waals surface area contributed by atoms with E-state index >= 15 is 0 Å². The average Bonchev–Trinajstić information content (AvgIpc) is 2.52. The molecule has 0 aliphatic rings. The van der Waals surface area contributed by atoms with Gasteiger partial charge in [0, 0.05) is 25.4 Å². The summed E-state index contributed by atoms with van der Waals surface area (Å²) in [5.41, 5.74) is 7.28. The van der Waals surface area contributed by atoms with E-state index in [1.54, 1.807) is 0 Å². The molecule has 0 aromatic heterocycles. The van der Waals surface area contributed by atoms with Gasteiger partial charge in [-0.1, -0.05) is 44.2 Å². The lowest BCUT2D eigenvalue weighted by Gasteiger charge is -2.21. The maximum absolute atomic E-state index is 12.3. The molecule has 1 aromatic carbocycles. The minimum absolute atomic E-state index is 0.0340. The zero-order chi connectivity index (χ0) is 18.9. The first-order valence-corrected chi connectivity index (χ1v) is 10.7. The lowest BCUT2D eigenvalue weighted by atomic mass is 10.1. The highest BCUT2D eigenvalue weighted by atomic mass is 32.2. The third kappa shape index (κ3) is 10.2. The average molecular weight is 370 g/mol. The zero-order valence-electron chi connectivity index (χ0n) is 15.4. The fraction of sp³-hybridized carbons (Fsp3) is 0.611. The van der Waals surface area contributed by atoms with Crippen LogP contribution in [0.3, 0.4) is 0 Å². The Morgan fingerprint density at radius 3 is 2.36 bits per heavy atom. The van der Waals surface area contributed by atoms with Crippen LogP contribution in [-0.2, 0) is 21.1 Å². The van der Waals surface area contributed by atoms with E-state index in [1.807, 2.05) is 44.2 Å². The highest BCUT2D eigenvalue weighted by Gasteiger charge is 2.20. The predicted octanol–water partition coefficient (Wildman–Crippen LogP) is 0.722. The van der Waals surface area contributed by atoms with E-state index in [9.17, 15) is 13.2 Å². The van der Waals surface area contributed by atoms with Crippen LogP contribution < -0.4 is 16.4 Å². The van der Waals surface area contributed by atoms with Gasteiger partial charge in [-0.15, -0.1) is 0 Å². The van der Waals surface area contributed by atoms with Gasteiger partial charge in [-0.25, -0.2) is 8.42 Å². The molecule has 1 rings (SSSR count). The molecule has 25 heavy (non-hydrogen) atoms. The Hall–Kier alpha value is -1.44. The highest BCUT2D eigenvalue weighted by molar-refractivity contribution is 7.90. The Morgan fingerprint density at radius 1 is 1.16 bits per heavy atom. The second kappa shape index (κ2) is 10.5. The van der Waals surface area contributed by atoms with Crippen LogP contribution in [0.25, 0.3) is 0 Å². The SMILES string of the molecule is CC(C)CNC(=O)C(CCS(C)(=O)=O)NC[C@@H](N)Cc1ccccc1. The summed E-state index contributed by atoms with van der Waals surface area (Å²) in [4.78, 5) is 12.3. The number of carbonyl (C=O) groups is 1. The molecule has 142 valence electrons. The maximum atomic E-state index is 12.3. The standard InChI is InChI=1S/C18H31N3O3S/c1-14(2)12-21-18(22)17(9-10-25(3,23)24)20-13-16(19)11-15-7-5-4-6-8-15/h4-8,14,16-17,20H,9-13,19H2,1-3H3,(H,21,22)/t16-,17?/m0/s1. The largest absolute Gasteiger partial charge is 0.354 e. The maximum Gasteiger partial charge on any atom is 0.237 e. The third-order valence-corrected chi connectivity index (χ3v) is 4.72. The molecule has 1 amide bonds. The molecule has 0 radical (unpaired) electrons. The van der Waals surface area contributed by atoms with Crippen LogP contribution in [-0.4, -0.2) is 51.5 Å². The van der Waals surface area contributed by atoms with Gasteiger partial charge in [0.2, 0.25) is 5.91 Å². The normalized spacial score (nSPS) is 14.3. The molecule has 0 saturated carbocycles. The summed E-state index contributed by atoms with van der Waals surface area (Å²) in [6.07, 6.45) is 2.11. The minimum atomic E-state index is -3.12. The first-order valence-electron chi connectivity index (χ1n) is 8.65.